The third-order valence-corrected chi connectivity index (χ3v) is 25.1. The summed E-state index contributed by atoms with van der Waals surface area (Å²) in [4.78, 5) is 4.75. The summed E-state index contributed by atoms with van der Waals surface area (Å²) in [6.45, 7) is 4.72. The Hall–Kier alpha value is -15.4. The van der Waals surface area contributed by atoms with Crippen molar-refractivity contribution in [1.29, 1.82) is 0 Å². The van der Waals surface area contributed by atoms with Gasteiger partial charge in [0.15, 0.2) is 0 Å². The number of rotatable bonds is 12. The van der Waals surface area contributed by atoms with Crippen LogP contribution in [0.4, 0.5) is 22.7 Å². The Kier molecular flexibility index (Phi) is 18.0. The van der Waals surface area contributed by atoms with Crippen molar-refractivity contribution in [3.05, 3.63) is 476 Å². The molecule has 1 atom stereocenters. The summed E-state index contributed by atoms with van der Waals surface area (Å²) >= 11 is 0. The van der Waals surface area contributed by atoms with Gasteiger partial charge < -0.3 is 15.2 Å². The summed E-state index contributed by atoms with van der Waals surface area (Å²) in [7, 11) is 0. The molecule has 0 spiro atoms. The van der Waals surface area contributed by atoms with Gasteiger partial charge in [0, 0.05) is 78.3 Å². The summed E-state index contributed by atoms with van der Waals surface area (Å²) < 4.78 is 4.84. The third kappa shape index (κ3) is 13.0. The van der Waals surface area contributed by atoms with Gasteiger partial charge >= 0.3 is 0 Å². The van der Waals surface area contributed by atoms with Gasteiger partial charge in [0.25, 0.3) is 0 Å². The Morgan fingerprint density at radius 3 is 1.50 bits per heavy atom. The number of pyridine rings is 1. The van der Waals surface area contributed by atoms with Gasteiger partial charge in [-0.3, -0.25) is 4.57 Å². The van der Waals surface area contributed by atoms with Gasteiger partial charge in [-0.2, -0.15) is 0 Å². The zero-order valence-electron chi connectivity index (χ0n) is 67.2. The number of aromatic nitrogens is 3. The van der Waals surface area contributed by atoms with Gasteiger partial charge in [-0.1, -0.05) is 347 Å². The minimum atomic E-state index is -0.0807. The van der Waals surface area contributed by atoms with Crippen molar-refractivity contribution in [3.63, 3.8) is 0 Å². The molecule has 0 bridgehead atoms. The molecule has 1 unspecified atom stereocenters. The third-order valence-electron chi connectivity index (χ3n) is 25.1. The predicted octanol–water partition coefficient (Wildman–Crippen LogP) is 30.8. The molecule has 0 amide bonds. The van der Waals surface area contributed by atoms with E-state index in [1.165, 1.54) is 187 Å². The summed E-state index contributed by atoms with van der Waals surface area (Å²) in [5.74, 6) is 1.19. The standard InChI is InChI=1S/C47H34N2.C35H25N.C34H24N2/c1-47(2)42-19-11-10-16-37(42)38-26-25-34(29-43(38)47)49-44-27-24-33(48-32-22-20-31(21-23-32)30-12-4-3-5-13-30)28-41(44)45-39-17-8-6-14-35(39)36-15-7-9-18-40(36)46(45)49;1-3-9-24(10-4-1)25-15-17-29(18-16-25)36-30-19-20-31-33(23-30)32-21-27-13-7-8-14-28(27)22-34(32)35(31)26-11-5-2-6-12-26;1-2-10-26(11-3-1)28-13-8-9-24(22-28)21-25-16-18-30-31-19-17-27-12-4-5-14-29(27)34(31)36(32(30)23-25)33-15-6-7-20-35-33/h3-29,48H,1-2H3;1-23,35-36H;1-20,22-23H,21H2. The quantitative estimate of drug-likeness (QED) is 0.120. The van der Waals surface area contributed by atoms with E-state index in [2.05, 4.69) is 458 Å². The molecule has 121 heavy (non-hydrogen) atoms. The van der Waals surface area contributed by atoms with E-state index < -0.39 is 0 Å². The molecular weight excluding hydrogens is 1460 g/mol. The molecule has 0 fully saturated rings. The van der Waals surface area contributed by atoms with E-state index in [0.29, 0.717) is 0 Å². The van der Waals surface area contributed by atoms with E-state index >= 15 is 0 Å². The fourth-order valence-electron chi connectivity index (χ4n) is 19.3. The van der Waals surface area contributed by atoms with Crippen LogP contribution in [-0.2, 0) is 11.8 Å². The average Bonchev–Trinajstić information content (AvgIpc) is 1.54. The van der Waals surface area contributed by atoms with Crippen LogP contribution >= 0.6 is 0 Å². The Bertz CT molecular complexity index is 7720. The van der Waals surface area contributed by atoms with Crippen LogP contribution < -0.4 is 10.6 Å². The molecule has 0 saturated carbocycles. The first-order valence-electron chi connectivity index (χ1n) is 41.9. The van der Waals surface area contributed by atoms with E-state index in [1.807, 2.05) is 12.3 Å². The molecule has 5 nitrogen and oxygen atoms in total. The highest BCUT2D eigenvalue weighted by Gasteiger charge is 2.36. The fourth-order valence-corrected chi connectivity index (χ4v) is 19.3. The van der Waals surface area contributed by atoms with Crippen LogP contribution in [0.1, 0.15) is 58.7 Å². The second-order valence-corrected chi connectivity index (χ2v) is 32.7. The molecule has 2 aliphatic rings. The molecule has 19 aromatic carbocycles. The van der Waals surface area contributed by atoms with E-state index in [0.717, 1.165) is 35.0 Å². The molecule has 572 valence electrons. The molecule has 3 heterocycles. The average molecular weight is 1550 g/mol. The fraction of sp³-hybridized carbons (Fsp3) is 0.0431. The van der Waals surface area contributed by atoms with Crippen molar-refractivity contribution in [2.24, 2.45) is 0 Å². The summed E-state index contributed by atoms with van der Waals surface area (Å²) in [6, 6.07) is 156. The smallest absolute Gasteiger partial charge is 0.137 e. The minimum Gasteiger partial charge on any atom is -0.356 e. The molecule has 22 aromatic rings. The molecule has 0 aliphatic heterocycles. The van der Waals surface area contributed by atoms with Crippen LogP contribution in [0.25, 0.3) is 154 Å². The number of nitrogens with zero attached hydrogens (tertiary/aromatic N) is 3. The number of fused-ring (bicyclic) bond motifs is 20. The summed E-state index contributed by atoms with van der Waals surface area (Å²) in [5, 5.41) is 22.6. The lowest BCUT2D eigenvalue weighted by Gasteiger charge is -2.22. The lowest BCUT2D eigenvalue weighted by molar-refractivity contribution is 0.660. The zero-order valence-corrected chi connectivity index (χ0v) is 67.2. The van der Waals surface area contributed by atoms with Gasteiger partial charge in [0.05, 0.1) is 22.1 Å². The highest BCUT2D eigenvalue weighted by atomic mass is 15.1. The van der Waals surface area contributed by atoms with Crippen molar-refractivity contribution in [2.45, 2.75) is 31.6 Å². The zero-order chi connectivity index (χ0) is 80.5. The monoisotopic (exact) mass is 1550 g/mol. The predicted molar refractivity (Wildman–Crippen MR) is 511 cm³/mol. The molecule has 24 rings (SSSR count). The van der Waals surface area contributed by atoms with Crippen molar-refractivity contribution in [2.75, 3.05) is 10.6 Å². The highest BCUT2D eigenvalue weighted by molar-refractivity contribution is 6.32. The molecule has 5 heteroatoms. The first-order chi connectivity index (χ1) is 59.7. The van der Waals surface area contributed by atoms with E-state index in [-0.39, 0.29) is 11.3 Å². The van der Waals surface area contributed by atoms with E-state index in [4.69, 9.17) is 4.98 Å². The number of benzene rings is 19. The number of anilines is 4. The summed E-state index contributed by atoms with van der Waals surface area (Å²) in [5.41, 5.74) is 32.5. The van der Waals surface area contributed by atoms with Crippen LogP contribution in [0, 0.1) is 0 Å². The maximum Gasteiger partial charge on any atom is 0.137 e. The van der Waals surface area contributed by atoms with Crippen molar-refractivity contribution >= 4 is 109 Å². The molecular formula is C116H83N5. The largest absolute Gasteiger partial charge is 0.356 e. The van der Waals surface area contributed by atoms with Crippen LogP contribution in [0.2, 0.25) is 0 Å². The second-order valence-electron chi connectivity index (χ2n) is 32.7. The second kappa shape index (κ2) is 30.2. The lowest BCUT2D eigenvalue weighted by Crippen LogP contribution is -2.15. The topological polar surface area (TPSA) is 46.8 Å². The van der Waals surface area contributed by atoms with Crippen LogP contribution in [0.5, 0.6) is 0 Å². The van der Waals surface area contributed by atoms with E-state index in [9.17, 15) is 0 Å². The number of hydrogen-bond acceptors (Lipinski definition) is 3. The van der Waals surface area contributed by atoms with Crippen LogP contribution in [0.3, 0.4) is 0 Å². The van der Waals surface area contributed by atoms with Gasteiger partial charge in [-0.15, -0.1) is 0 Å². The number of hydrogen-bond donors (Lipinski definition) is 2. The van der Waals surface area contributed by atoms with Gasteiger partial charge in [-0.25, -0.2) is 4.98 Å². The minimum absolute atomic E-state index is 0.0807. The first kappa shape index (κ1) is 72.1. The van der Waals surface area contributed by atoms with Gasteiger partial charge in [0.1, 0.15) is 5.82 Å². The highest BCUT2D eigenvalue weighted by Crippen LogP contribution is 2.53. The van der Waals surface area contributed by atoms with Crippen molar-refractivity contribution in [1.82, 2.24) is 14.1 Å². The Labute approximate surface area is 704 Å². The maximum atomic E-state index is 4.75. The maximum absolute atomic E-state index is 4.75. The Morgan fingerprint density at radius 1 is 0.281 bits per heavy atom. The Balaban J connectivity index is 0.000000111. The molecule has 2 N–H and O–H groups in total. The first-order valence-corrected chi connectivity index (χ1v) is 41.9. The number of nitrogens with one attached hydrogen (secondary N) is 2. The van der Waals surface area contributed by atoms with E-state index in [1.54, 1.807) is 0 Å². The SMILES string of the molecule is CC1(C)c2ccccc2-c2ccc(-n3c4ccc(Nc5ccc(-c6ccccc6)cc5)cc4c4c5ccccc5c5ccccc5c43)cc21.c1ccc(-c2ccc(Nc3ccc4c(c3)-c3cc5ccccc5cc3C4c3ccccc3)cc2)cc1.c1ccc(-c2cccc(Cc3ccc4c5ccc6ccccc6c5n(-c5ccccn5)c4c3)c2)cc1. The molecule has 0 saturated heterocycles. The molecule has 3 aromatic heterocycles. The van der Waals surface area contributed by atoms with Gasteiger partial charge in [-0.05, 0) is 230 Å². The van der Waals surface area contributed by atoms with Crippen LogP contribution in [0.15, 0.2) is 437 Å². The van der Waals surface area contributed by atoms with Crippen molar-refractivity contribution in [3.8, 4) is 67.1 Å². The molecule has 0 radical (unpaired) electrons. The summed E-state index contributed by atoms with van der Waals surface area (Å²) in [6.07, 6.45) is 2.75. The van der Waals surface area contributed by atoms with Crippen molar-refractivity contribution < 1.29 is 0 Å². The normalized spacial score (nSPS) is 12.9. The van der Waals surface area contributed by atoms with Crippen LogP contribution in [-0.4, -0.2) is 14.1 Å². The molecule has 2 aliphatic carbocycles. The Morgan fingerprint density at radius 2 is 0.802 bits per heavy atom. The lowest BCUT2D eigenvalue weighted by atomic mass is 9.82. The van der Waals surface area contributed by atoms with Gasteiger partial charge in [0.2, 0.25) is 0 Å².